The van der Waals surface area contributed by atoms with Gasteiger partial charge in [-0.25, -0.2) is 0 Å². The van der Waals surface area contributed by atoms with Gasteiger partial charge in [-0.2, -0.15) is 0 Å². The standard InChI is InChI=1S/C15H10BrNO2/c16-11-7-5-10(6-8-11)9-17-13-4-2-1-3-12(13)14(18)15(17)19/h1-8H,9H2. The maximum absolute atomic E-state index is 12.0. The smallest absolute Gasteiger partial charge is 0.299 e. The van der Waals surface area contributed by atoms with Crippen molar-refractivity contribution in [2.75, 3.05) is 4.90 Å². The highest BCUT2D eigenvalue weighted by Gasteiger charge is 2.35. The summed E-state index contributed by atoms with van der Waals surface area (Å²) < 4.78 is 0.987. The second-order valence-corrected chi connectivity index (χ2v) is 5.28. The summed E-state index contributed by atoms with van der Waals surface area (Å²) in [6.07, 6.45) is 0. The minimum Gasteiger partial charge on any atom is -0.300 e. The van der Waals surface area contributed by atoms with E-state index in [-0.39, 0.29) is 0 Å². The van der Waals surface area contributed by atoms with Gasteiger partial charge in [0.15, 0.2) is 0 Å². The van der Waals surface area contributed by atoms with Crippen LogP contribution < -0.4 is 4.90 Å². The van der Waals surface area contributed by atoms with Gasteiger partial charge in [-0.05, 0) is 29.8 Å². The Morgan fingerprint density at radius 2 is 1.63 bits per heavy atom. The van der Waals surface area contributed by atoms with E-state index in [1.165, 1.54) is 4.90 Å². The van der Waals surface area contributed by atoms with Crippen LogP contribution in [0.4, 0.5) is 5.69 Å². The number of benzene rings is 2. The van der Waals surface area contributed by atoms with Gasteiger partial charge >= 0.3 is 0 Å². The van der Waals surface area contributed by atoms with Crippen LogP contribution in [0.5, 0.6) is 0 Å². The van der Waals surface area contributed by atoms with Crippen molar-refractivity contribution in [1.29, 1.82) is 0 Å². The van der Waals surface area contributed by atoms with E-state index in [1.807, 2.05) is 30.3 Å². The van der Waals surface area contributed by atoms with Crippen LogP contribution in [0.3, 0.4) is 0 Å². The summed E-state index contributed by atoms with van der Waals surface area (Å²) in [6.45, 7) is 0.412. The summed E-state index contributed by atoms with van der Waals surface area (Å²) in [6, 6.07) is 14.8. The van der Waals surface area contributed by atoms with Crippen molar-refractivity contribution in [2.45, 2.75) is 6.54 Å². The average molecular weight is 316 g/mol. The Balaban J connectivity index is 1.95. The van der Waals surface area contributed by atoms with Gasteiger partial charge < -0.3 is 4.90 Å². The summed E-state index contributed by atoms with van der Waals surface area (Å²) in [7, 11) is 0. The third-order valence-corrected chi connectivity index (χ3v) is 3.66. The Labute approximate surface area is 119 Å². The summed E-state index contributed by atoms with van der Waals surface area (Å²) in [5.74, 6) is -0.878. The lowest BCUT2D eigenvalue weighted by Gasteiger charge is -2.16. The topological polar surface area (TPSA) is 37.4 Å². The van der Waals surface area contributed by atoms with Crippen molar-refractivity contribution in [1.82, 2.24) is 0 Å². The molecular formula is C15H10BrNO2. The van der Waals surface area contributed by atoms with E-state index in [2.05, 4.69) is 15.9 Å². The second kappa shape index (κ2) is 4.63. The Morgan fingerprint density at radius 3 is 2.37 bits per heavy atom. The van der Waals surface area contributed by atoms with Crippen molar-refractivity contribution >= 4 is 33.3 Å². The van der Waals surface area contributed by atoms with Gasteiger partial charge in [0.1, 0.15) is 0 Å². The van der Waals surface area contributed by atoms with Gasteiger partial charge in [0.05, 0.1) is 17.8 Å². The van der Waals surface area contributed by atoms with E-state index in [1.54, 1.807) is 18.2 Å². The molecule has 0 saturated heterocycles. The number of ketones is 1. The summed E-state index contributed by atoms with van der Waals surface area (Å²) in [4.78, 5) is 25.4. The highest BCUT2D eigenvalue weighted by Crippen LogP contribution is 2.29. The molecule has 4 heteroatoms. The van der Waals surface area contributed by atoms with Crippen LogP contribution in [0, 0.1) is 0 Å². The largest absolute Gasteiger partial charge is 0.300 e. The molecule has 0 fully saturated rings. The van der Waals surface area contributed by atoms with Gasteiger partial charge in [-0.3, -0.25) is 9.59 Å². The number of nitrogens with zero attached hydrogens (tertiary/aromatic N) is 1. The number of anilines is 1. The van der Waals surface area contributed by atoms with Crippen molar-refractivity contribution < 1.29 is 9.59 Å². The lowest BCUT2D eigenvalue weighted by Crippen LogP contribution is -2.29. The number of fused-ring (bicyclic) bond motifs is 1. The van der Waals surface area contributed by atoms with E-state index >= 15 is 0 Å². The fraction of sp³-hybridized carbons (Fsp3) is 0.0667. The van der Waals surface area contributed by atoms with Crippen molar-refractivity contribution in [2.24, 2.45) is 0 Å². The van der Waals surface area contributed by atoms with Crippen molar-refractivity contribution in [3.8, 4) is 0 Å². The van der Waals surface area contributed by atoms with Crippen molar-refractivity contribution in [3.63, 3.8) is 0 Å². The number of carbonyl (C=O) groups excluding carboxylic acids is 2. The van der Waals surface area contributed by atoms with Crippen molar-refractivity contribution in [3.05, 3.63) is 64.1 Å². The number of para-hydroxylation sites is 1. The molecule has 3 nitrogen and oxygen atoms in total. The Morgan fingerprint density at radius 1 is 0.947 bits per heavy atom. The number of Topliss-reactive ketones (excluding diaryl/α,β-unsaturated/α-hetero) is 1. The van der Waals surface area contributed by atoms with Crippen LogP contribution in [0.1, 0.15) is 15.9 Å². The molecule has 1 heterocycles. The molecule has 0 aromatic heterocycles. The molecule has 2 aromatic carbocycles. The molecule has 2 aromatic rings. The monoisotopic (exact) mass is 315 g/mol. The quantitative estimate of drug-likeness (QED) is 0.798. The van der Waals surface area contributed by atoms with Crippen LogP contribution in [0.25, 0.3) is 0 Å². The molecule has 0 spiro atoms. The highest BCUT2D eigenvalue weighted by atomic mass is 79.9. The van der Waals surface area contributed by atoms with E-state index in [0.717, 1.165) is 10.0 Å². The molecule has 0 N–H and O–H groups in total. The summed E-state index contributed by atoms with van der Waals surface area (Å²) in [5.41, 5.74) is 2.17. The zero-order valence-electron chi connectivity index (χ0n) is 9.97. The van der Waals surface area contributed by atoms with Crippen LogP contribution >= 0.6 is 15.9 Å². The first-order valence-corrected chi connectivity index (χ1v) is 6.66. The molecule has 0 radical (unpaired) electrons. The fourth-order valence-electron chi connectivity index (χ4n) is 2.18. The number of hydrogen-bond donors (Lipinski definition) is 0. The van der Waals surface area contributed by atoms with Gasteiger partial charge in [-0.15, -0.1) is 0 Å². The van der Waals surface area contributed by atoms with E-state index in [0.29, 0.717) is 17.8 Å². The first-order chi connectivity index (χ1) is 9.16. The summed E-state index contributed by atoms with van der Waals surface area (Å²) >= 11 is 3.37. The molecular weight excluding hydrogens is 306 g/mol. The molecule has 0 aliphatic carbocycles. The van der Waals surface area contributed by atoms with Crippen LogP contribution in [0.15, 0.2) is 53.0 Å². The minimum atomic E-state index is -0.455. The number of hydrogen-bond acceptors (Lipinski definition) is 2. The third-order valence-electron chi connectivity index (χ3n) is 3.13. The second-order valence-electron chi connectivity index (χ2n) is 4.36. The Bertz CT molecular complexity index is 664. The molecule has 1 aliphatic rings. The Hall–Kier alpha value is -1.94. The highest BCUT2D eigenvalue weighted by molar-refractivity contribution is 9.10. The number of halogens is 1. The maximum atomic E-state index is 12.0. The normalized spacial score (nSPS) is 13.8. The lowest BCUT2D eigenvalue weighted by molar-refractivity contribution is -0.114. The molecule has 19 heavy (non-hydrogen) atoms. The van der Waals surface area contributed by atoms with Gasteiger partial charge in [0.25, 0.3) is 11.7 Å². The number of rotatable bonds is 2. The zero-order chi connectivity index (χ0) is 13.4. The van der Waals surface area contributed by atoms with Crippen LogP contribution in [0.2, 0.25) is 0 Å². The fourth-order valence-corrected chi connectivity index (χ4v) is 2.44. The number of carbonyl (C=O) groups is 2. The van der Waals surface area contributed by atoms with Gasteiger partial charge in [-0.1, -0.05) is 40.2 Å². The molecule has 0 bridgehead atoms. The molecule has 3 rings (SSSR count). The molecule has 0 unspecified atom stereocenters. The van der Waals surface area contributed by atoms with E-state index < -0.39 is 11.7 Å². The SMILES string of the molecule is O=C1C(=O)N(Cc2ccc(Br)cc2)c2ccccc21. The van der Waals surface area contributed by atoms with Crippen LogP contribution in [-0.4, -0.2) is 11.7 Å². The number of amides is 1. The minimum absolute atomic E-state index is 0.412. The predicted molar refractivity (Wildman–Crippen MR) is 76.1 cm³/mol. The first-order valence-electron chi connectivity index (χ1n) is 5.86. The molecule has 0 saturated carbocycles. The van der Waals surface area contributed by atoms with Gasteiger partial charge in [0.2, 0.25) is 0 Å². The summed E-state index contributed by atoms with van der Waals surface area (Å²) in [5, 5.41) is 0. The zero-order valence-corrected chi connectivity index (χ0v) is 11.6. The first kappa shape index (κ1) is 12.1. The van der Waals surface area contributed by atoms with E-state index in [4.69, 9.17) is 0 Å². The van der Waals surface area contributed by atoms with E-state index in [9.17, 15) is 9.59 Å². The van der Waals surface area contributed by atoms with Gasteiger partial charge in [0, 0.05) is 4.47 Å². The third kappa shape index (κ3) is 2.08. The van der Waals surface area contributed by atoms with Crippen LogP contribution in [-0.2, 0) is 11.3 Å². The molecule has 1 amide bonds. The lowest BCUT2D eigenvalue weighted by atomic mass is 10.1. The Kier molecular flexibility index (Phi) is 2.95. The predicted octanol–water partition coefficient (Wildman–Crippen LogP) is 3.18. The molecule has 1 aliphatic heterocycles. The molecule has 0 atom stereocenters. The maximum Gasteiger partial charge on any atom is 0.299 e. The average Bonchev–Trinajstić information content (AvgIpc) is 2.67. The molecule has 94 valence electrons.